The van der Waals surface area contributed by atoms with Crippen LogP contribution in [0.25, 0.3) is 0 Å². The van der Waals surface area contributed by atoms with Crippen LogP contribution in [0.4, 0.5) is 5.69 Å². The van der Waals surface area contributed by atoms with Crippen molar-refractivity contribution in [3.63, 3.8) is 0 Å². The van der Waals surface area contributed by atoms with Gasteiger partial charge in [-0.3, -0.25) is 9.59 Å². The Kier molecular flexibility index (Phi) is 5.97. The van der Waals surface area contributed by atoms with Crippen LogP contribution in [0.15, 0.2) is 24.3 Å². The van der Waals surface area contributed by atoms with Crippen molar-refractivity contribution in [2.45, 2.75) is 50.6 Å². The predicted octanol–water partition coefficient (Wildman–Crippen LogP) is 1.86. The van der Waals surface area contributed by atoms with Crippen LogP contribution in [0.3, 0.4) is 0 Å². The monoisotopic (exact) mass is 384 g/mol. The van der Waals surface area contributed by atoms with Gasteiger partial charge in [-0.25, -0.2) is 0 Å². The minimum absolute atomic E-state index is 0.104. The first-order valence-electron chi connectivity index (χ1n) is 10.7. The van der Waals surface area contributed by atoms with E-state index < -0.39 is 0 Å². The summed E-state index contributed by atoms with van der Waals surface area (Å²) in [6.45, 7) is 3.49. The van der Waals surface area contributed by atoms with Gasteiger partial charge in [0.1, 0.15) is 0 Å². The molecule has 28 heavy (non-hydrogen) atoms. The average Bonchev–Trinajstić information content (AvgIpc) is 3.02. The van der Waals surface area contributed by atoms with Crippen LogP contribution < -0.4 is 10.6 Å². The summed E-state index contributed by atoms with van der Waals surface area (Å²) in [4.78, 5) is 29.1. The number of nitrogens with one attached hydrogen (secondary N) is 2. The van der Waals surface area contributed by atoms with E-state index in [2.05, 4.69) is 22.6 Å². The molecule has 3 aliphatic rings. The SMILES string of the molecule is CN1CCN(C(=O)Cc2ccc(NC(=O)CC3CC4CCC(C3)N4)cc2)CC1. The lowest BCUT2D eigenvalue weighted by molar-refractivity contribution is -0.132. The maximum absolute atomic E-state index is 12.4. The molecule has 3 saturated heterocycles. The van der Waals surface area contributed by atoms with Gasteiger partial charge in [0.05, 0.1) is 6.42 Å². The van der Waals surface area contributed by atoms with E-state index in [1.54, 1.807) is 0 Å². The summed E-state index contributed by atoms with van der Waals surface area (Å²) in [6, 6.07) is 8.97. The molecule has 6 nitrogen and oxygen atoms in total. The van der Waals surface area contributed by atoms with Gasteiger partial charge in [-0.15, -0.1) is 0 Å². The fourth-order valence-electron chi connectivity index (χ4n) is 4.86. The minimum atomic E-state index is 0.104. The lowest BCUT2D eigenvalue weighted by Gasteiger charge is -2.32. The Balaban J connectivity index is 1.24. The topological polar surface area (TPSA) is 64.7 Å². The second-order valence-corrected chi connectivity index (χ2v) is 8.79. The molecule has 0 spiro atoms. The summed E-state index contributed by atoms with van der Waals surface area (Å²) in [5, 5.41) is 6.65. The molecule has 2 amide bonds. The van der Waals surface area contributed by atoms with Gasteiger partial charge in [0.15, 0.2) is 0 Å². The van der Waals surface area contributed by atoms with Crippen molar-refractivity contribution in [1.82, 2.24) is 15.1 Å². The van der Waals surface area contributed by atoms with Crippen LogP contribution in [0, 0.1) is 5.92 Å². The molecular formula is C22H32N4O2. The highest BCUT2D eigenvalue weighted by Crippen LogP contribution is 2.32. The second kappa shape index (κ2) is 8.62. The van der Waals surface area contributed by atoms with E-state index in [1.165, 1.54) is 12.8 Å². The van der Waals surface area contributed by atoms with Crippen LogP contribution in [0.5, 0.6) is 0 Å². The zero-order valence-corrected chi connectivity index (χ0v) is 16.8. The Morgan fingerprint density at radius 2 is 1.68 bits per heavy atom. The molecule has 1 aromatic rings. The van der Waals surface area contributed by atoms with E-state index in [0.29, 0.717) is 30.8 Å². The molecule has 2 bridgehead atoms. The summed E-state index contributed by atoms with van der Waals surface area (Å²) < 4.78 is 0. The zero-order valence-electron chi connectivity index (χ0n) is 16.8. The molecule has 0 aromatic heterocycles. The van der Waals surface area contributed by atoms with Crippen molar-refractivity contribution in [3.05, 3.63) is 29.8 Å². The Morgan fingerprint density at radius 3 is 2.32 bits per heavy atom. The van der Waals surface area contributed by atoms with Gasteiger partial charge in [-0.2, -0.15) is 0 Å². The summed E-state index contributed by atoms with van der Waals surface area (Å²) in [5.74, 6) is 0.789. The third-order valence-electron chi connectivity index (χ3n) is 6.49. The summed E-state index contributed by atoms with van der Waals surface area (Å²) in [7, 11) is 2.09. The molecule has 2 unspecified atom stereocenters. The summed E-state index contributed by atoms with van der Waals surface area (Å²) in [5.41, 5.74) is 1.81. The number of likely N-dealkylation sites (N-methyl/N-ethyl adjacent to an activating group) is 1. The molecule has 4 rings (SSSR count). The first-order chi connectivity index (χ1) is 13.5. The highest BCUT2D eigenvalue weighted by atomic mass is 16.2. The first kappa shape index (κ1) is 19.4. The number of hydrogen-bond donors (Lipinski definition) is 2. The lowest BCUT2D eigenvalue weighted by Crippen LogP contribution is -2.47. The van der Waals surface area contributed by atoms with Crippen LogP contribution in [0.2, 0.25) is 0 Å². The molecular weight excluding hydrogens is 352 g/mol. The molecule has 0 saturated carbocycles. The molecule has 3 aliphatic heterocycles. The zero-order chi connectivity index (χ0) is 19.5. The highest BCUT2D eigenvalue weighted by molar-refractivity contribution is 5.91. The maximum Gasteiger partial charge on any atom is 0.227 e. The Morgan fingerprint density at radius 1 is 1.04 bits per heavy atom. The Hall–Kier alpha value is -1.92. The molecule has 3 fully saturated rings. The van der Waals surface area contributed by atoms with Crippen molar-refractivity contribution in [2.24, 2.45) is 5.92 Å². The quantitative estimate of drug-likeness (QED) is 0.813. The lowest BCUT2D eigenvalue weighted by atomic mass is 9.89. The first-order valence-corrected chi connectivity index (χ1v) is 10.7. The van der Waals surface area contributed by atoms with Gasteiger partial charge >= 0.3 is 0 Å². The van der Waals surface area contributed by atoms with Crippen LogP contribution >= 0.6 is 0 Å². The van der Waals surface area contributed by atoms with Crippen LogP contribution in [-0.4, -0.2) is 66.9 Å². The van der Waals surface area contributed by atoms with Crippen LogP contribution in [0.1, 0.15) is 37.7 Å². The van der Waals surface area contributed by atoms with Crippen molar-refractivity contribution >= 4 is 17.5 Å². The molecule has 0 aliphatic carbocycles. The number of rotatable bonds is 5. The number of amides is 2. The molecule has 2 atom stereocenters. The van der Waals surface area contributed by atoms with Crippen molar-refractivity contribution in [1.29, 1.82) is 0 Å². The van der Waals surface area contributed by atoms with E-state index in [9.17, 15) is 9.59 Å². The minimum Gasteiger partial charge on any atom is -0.340 e. The molecule has 2 N–H and O–H groups in total. The van der Waals surface area contributed by atoms with E-state index in [0.717, 1.165) is 50.3 Å². The van der Waals surface area contributed by atoms with E-state index in [4.69, 9.17) is 0 Å². The number of hydrogen-bond acceptors (Lipinski definition) is 4. The third-order valence-corrected chi connectivity index (χ3v) is 6.49. The van der Waals surface area contributed by atoms with Gasteiger partial charge < -0.3 is 20.4 Å². The van der Waals surface area contributed by atoms with E-state index in [-0.39, 0.29) is 11.8 Å². The van der Waals surface area contributed by atoms with Crippen LogP contribution in [-0.2, 0) is 16.0 Å². The Labute approximate surface area is 167 Å². The van der Waals surface area contributed by atoms with Crippen molar-refractivity contribution < 1.29 is 9.59 Å². The highest BCUT2D eigenvalue weighted by Gasteiger charge is 2.34. The molecule has 6 heteroatoms. The number of nitrogens with zero attached hydrogens (tertiary/aromatic N) is 2. The van der Waals surface area contributed by atoms with Crippen molar-refractivity contribution in [3.8, 4) is 0 Å². The van der Waals surface area contributed by atoms with Gasteiger partial charge in [-0.05, 0) is 56.3 Å². The van der Waals surface area contributed by atoms with E-state index >= 15 is 0 Å². The Bertz CT molecular complexity index is 685. The number of benzene rings is 1. The maximum atomic E-state index is 12.4. The third kappa shape index (κ3) is 4.92. The number of piperazine rings is 1. The van der Waals surface area contributed by atoms with E-state index in [1.807, 2.05) is 29.2 Å². The van der Waals surface area contributed by atoms with Gasteiger partial charge in [0.2, 0.25) is 11.8 Å². The molecule has 1 aromatic carbocycles. The number of fused-ring (bicyclic) bond motifs is 2. The fourth-order valence-corrected chi connectivity index (χ4v) is 4.86. The second-order valence-electron chi connectivity index (χ2n) is 8.79. The van der Waals surface area contributed by atoms with Gasteiger partial charge in [0, 0.05) is 50.4 Å². The van der Waals surface area contributed by atoms with Gasteiger partial charge in [-0.1, -0.05) is 12.1 Å². The predicted molar refractivity (Wildman–Crippen MR) is 110 cm³/mol. The number of piperidine rings is 1. The summed E-state index contributed by atoms with van der Waals surface area (Å²) in [6.07, 6.45) is 5.80. The number of carbonyl (C=O) groups is 2. The largest absolute Gasteiger partial charge is 0.340 e. The van der Waals surface area contributed by atoms with Gasteiger partial charge in [0.25, 0.3) is 0 Å². The summed E-state index contributed by atoms with van der Waals surface area (Å²) >= 11 is 0. The van der Waals surface area contributed by atoms with Crippen molar-refractivity contribution in [2.75, 3.05) is 38.5 Å². The average molecular weight is 385 g/mol. The smallest absolute Gasteiger partial charge is 0.227 e. The molecule has 3 heterocycles. The number of anilines is 1. The standard InChI is InChI=1S/C22H32N4O2/c1-25-8-10-26(11-9-25)22(28)15-16-2-4-18(5-3-16)24-21(27)14-17-12-19-6-7-20(13-17)23-19/h2-5,17,19-20,23H,6-15H2,1H3,(H,24,27). The number of carbonyl (C=O) groups excluding carboxylic acids is 2. The molecule has 152 valence electrons. The fraction of sp³-hybridized carbons (Fsp3) is 0.636. The molecule has 0 radical (unpaired) electrons. The normalized spacial score (nSPS) is 27.6.